The van der Waals surface area contributed by atoms with Gasteiger partial charge < -0.3 is 20.2 Å². The average molecular weight is 567 g/mol. The number of aromatic nitrogens is 2. The van der Waals surface area contributed by atoms with Crippen molar-refractivity contribution in [3.8, 4) is 0 Å². The summed E-state index contributed by atoms with van der Waals surface area (Å²) in [7, 11) is 0. The van der Waals surface area contributed by atoms with E-state index in [1.807, 2.05) is 6.92 Å². The maximum Gasteiger partial charge on any atom is 0.309 e. The Morgan fingerprint density at radius 2 is 2.09 bits per heavy atom. The fourth-order valence-corrected chi connectivity index (χ4v) is 6.19. The van der Waals surface area contributed by atoms with E-state index in [9.17, 15) is 14.3 Å². The molecule has 10 heteroatoms. The number of aliphatic carboxylic acids is 1. The van der Waals surface area contributed by atoms with Gasteiger partial charge in [-0.15, -0.1) is 0 Å². The van der Waals surface area contributed by atoms with Crippen molar-refractivity contribution >= 4 is 45.3 Å². The van der Waals surface area contributed by atoms with Gasteiger partial charge in [-0.2, -0.15) is 4.98 Å². The number of hydrogen-bond acceptors (Lipinski definition) is 6. The minimum absolute atomic E-state index is 0.357. The highest BCUT2D eigenvalue weighted by Gasteiger charge is 2.49. The second-order valence-corrected chi connectivity index (χ2v) is 11.7. The summed E-state index contributed by atoms with van der Waals surface area (Å²) in [5.41, 5.74) is 0.249. The molecule has 1 atom stereocenters. The molecule has 1 aliphatic carbocycles. The number of carboxylic acids is 1. The molecular formula is C25H30BrClFN5O2. The predicted octanol–water partition coefficient (Wildman–Crippen LogP) is 5.05. The van der Waals surface area contributed by atoms with Crippen LogP contribution in [0.4, 0.5) is 16.2 Å². The molecule has 0 spiro atoms. The van der Waals surface area contributed by atoms with Crippen LogP contribution in [0, 0.1) is 23.1 Å². The van der Waals surface area contributed by atoms with Crippen LogP contribution in [-0.2, 0) is 11.3 Å². The van der Waals surface area contributed by atoms with Gasteiger partial charge in [0.15, 0.2) is 0 Å². The summed E-state index contributed by atoms with van der Waals surface area (Å²) in [4.78, 5) is 25.4. The number of hydrogen-bond donors (Lipinski definition) is 2. The van der Waals surface area contributed by atoms with Gasteiger partial charge in [0.25, 0.3) is 0 Å². The van der Waals surface area contributed by atoms with E-state index >= 15 is 0 Å². The molecule has 3 heterocycles. The molecule has 35 heavy (non-hydrogen) atoms. The number of rotatable bonds is 7. The number of anilines is 2. The maximum atomic E-state index is 13.3. The van der Waals surface area contributed by atoms with Gasteiger partial charge in [-0.25, -0.2) is 9.37 Å². The fourth-order valence-electron chi connectivity index (χ4n) is 5.62. The Kier molecular flexibility index (Phi) is 6.94. The molecule has 7 nitrogen and oxygen atoms in total. The third kappa shape index (κ3) is 5.13. The third-order valence-corrected chi connectivity index (χ3v) is 8.88. The molecule has 2 aliphatic heterocycles. The summed E-state index contributed by atoms with van der Waals surface area (Å²) in [5.74, 6) is 1.58. The minimum Gasteiger partial charge on any atom is -0.481 e. The molecule has 2 N–H and O–H groups in total. The van der Waals surface area contributed by atoms with Crippen molar-refractivity contribution in [2.45, 2.75) is 45.2 Å². The lowest BCUT2D eigenvalue weighted by molar-refractivity contribution is -0.158. The summed E-state index contributed by atoms with van der Waals surface area (Å²) >= 11 is 9.65. The number of carbonyl (C=O) groups is 1. The Hall–Kier alpha value is -1.97. The van der Waals surface area contributed by atoms with Crippen molar-refractivity contribution in [2.24, 2.45) is 17.3 Å². The number of benzene rings is 1. The normalized spacial score (nSPS) is 27.3. The maximum absolute atomic E-state index is 13.3. The van der Waals surface area contributed by atoms with Crippen molar-refractivity contribution in [3.05, 3.63) is 45.3 Å². The molecule has 1 aromatic heterocycles. The smallest absolute Gasteiger partial charge is 0.309 e. The van der Waals surface area contributed by atoms with E-state index in [0.717, 1.165) is 49.1 Å². The van der Waals surface area contributed by atoms with Gasteiger partial charge in [-0.1, -0.05) is 17.7 Å². The summed E-state index contributed by atoms with van der Waals surface area (Å²) in [5, 5.41) is 13.1. The quantitative estimate of drug-likeness (QED) is 0.486. The van der Waals surface area contributed by atoms with Crippen LogP contribution in [0.15, 0.2) is 28.9 Å². The first-order chi connectivity index (χ1) is 16.7. The van der Waals surface area contributed by atoms with E-state index < -0.39 is 11.4 Å². The van der Waals surface area contributed by atoms with Crippen LogP contribution in [0.1, 0.15) is 38.2 Å². The lowest BCUT2D eigenvalue weighted by atomic mass is 9.65. The predicted molar refractivity (Wildman–Crippen MR) is 137 cm³/mol. The molecule has 3 aliphatic rings. The van der Waals surface area contributed by atoms with Crippen LogP contribution in [0.2, 0.25) is 5.02 Å². The second kappa shape index (κ2) is 9.82. The molecular weight excluding hydrogens is 537 g/mol. The van der Waals surface area contributed by atoms with Crippen LogP contribution >= 0.6 is 27.5 Å². The van der Waals surface area contributed by atoms with Crippen LogP contribution < -0.4 is 10.2 Å². The summed E-state index contributed by atoms with van der Waals surface area (Å²) in [6, 6.07) is 4.78. The molecule has 0 radical (unpaired) electrons. The number of nitrogens with zero attached hydrogens (tertiary/aromatic N) is 4. The number of piperidine rings is 1. The highest BCUT2D eigenvalue weighted by molar-refractivity contribution is 9.10. The molecule has 1 unspecified atom stereocenters. The van der Waals surface area contributed by atoms with Gasteiger partial charge in [0.2, 0.25) is 5.95 Å². The third-order valence-electron chi connectivity index (χ3n) is 7.95. The lowest BCUT2D eigenvalue weighted by Gasteiger charge is -2.52. The van der Waals surface area contributed by atoms with Gasteiger partial charge in [0, 0.05) is 43.4 Å². The minimum atomic E-state index is -0.666. The molecule has 0 amide bonds. The fraction of sp³-hybridized carbons (Fsp3) is 0.560. The molecule has 2 saturated heterocycles. The highest BCUT2D eigenvalue weighted by Crippen LogP contribution is 2.45. The number of carboxylic acid groups (broad SMARTS) is 1. The molecule has 188 valence electrons. The van der Waals surface area contributed by atoms with Crippen molar-refractivity contribution in [3.63, 3.8) is 0 Å². The van der Waals surface area contributed by atoms with Gasteiger partial charge in [-0.05, 0) is 84.6 Å². The topological polar surface area (TPSA) is 81.6 Å². The van der Waals surface area contributed by atoms with Gasteiger partial charge in [0.1, 0.15) is 11.6 Å². The molecule has 3 fully saturated rings. The Bertz CT molecular complexity index is 1110. The van der Waals surface area contributed by atoms with Crippen molar-refractivity contribution in [1.29, 1.82) is 0 Å². The Morgan fingerprint density at radius 3 is 2.80 bits per heavy atom. The van der Waals surface area contributed by atoms with Crippen molar-refractivity contribution in [2.75, 3.05) is 36.4 Å². The average Bonchev–Trinajstić information content (AvgIpc) is 2.77. The van der Waals surface area contributed by atoms with Gasteiger partial charge in [-0.3, -0.25) is 4.79 Å². The first-order valence-electron chi connectivity index (χ1n) is 12.1. The number of likely N-dealkylation sites (tertiary alicyclic amines) is 1. The van der Waals surface area contributed by atoms with Crippen LogP contribution in [0.25, 0.3) is 0 Å². The SMILES string of the molecule is CC1(C(=O)O)CC(N2CCCC(C3CN(c4ncc(Br)c(NCc5ccc(F)cc5Cl)n4)C3)C2)C1. The van der Waals surface area contributed by atoms with Gasteiger partial charge in [0.05, 0.1) is 9.89 Å². The standard InChI is InChI=1S/C25H30BrClFN5O2/c1-25(23(34)35)8-19(9-25)32-6-2-3-16(12-32)17-13-33(14-17)24-30-11-20(26)22(31-24)29-10-15-4-5-18(28)7-21(15)27/h4-5,7,11,16-17,19H,2-3,6,8-10,12-14H2,1H3,(H,34,35)(H,29,30,31). The highest BCUT2D eigenvalue weighted by atomic mass is 79.9. The Labute approximate surface area is 218 Å². The zero-order valence-electron chi connectivity index (χ0n) is 19.7. The molecule has 1 saturated carbocycles. The summed E-state index contributed by atoms with van der Waals surface area (Å²) < 4.78 is 14.1. The molecule has 5 rings (SSSR count). The van der Waals surface area contributed by atoms with E-state index in [2.05, 4.69) is 36.0 Å². The number of halogens is 3. The van der Waals surface area contributed by atoms with Crippen molar-refractivity contribution < 1.29 is 14.3 Å². The Morgan fingerprint density at radius 1 is 1.31 bits per heavy atom. The molecule has 2 aromatic rings. The van der Waals surface area contributed by atoms with E-state index in [1.54, 1.807) is 12.3 Å². The van der Waals surface area contributed by atoms with Gasteiger partial charge >= 0.3 is 5.97 Å². The largest absolute Gasteiger partial charge is 0.481 e. The molecule has 0 bridgehead atoms. The van der Waals surface area contributed by atoms with E-state index in [0.29, 0.717) is 41.2 Å². The Balaban J connectivity index is 1.15. The lowest BCUT2D eigenvalue weighted by Crippen LogP contribution is -2.58. The van der Waals surface area contributed by atoms with Crippen LogP contribution in [0.3, 0.4) is 0 Å². The first-order valence-corrected chi connectivity index (χ1v) is 13.3. The number of nitrogens with one attached hydrogen (secondary N) is 1. The van der Waals surface area contributed by atoms with Crippen LogP contribution in [0.5, 0.6) is 0 Å². The summed E-state index contributed by atoms with van der Waals surface area (Å²) in [6.07, 6.45) is 5.68. The van der Waals surface area contributed by atoms with Crippen molar-refractivity contribution in [1.82, 2.24) is 14.9 Å². The zero-order valence-corrected chi connectivity index (χ0v) is 22.0. The van der Waals surface area contributed by atoms with E-state index in [-0.39, 0.29) is 5.82 Å². The van der Waals surface area contributed by atoms with Crippen LogP contribution in [-0.4, -0.2) is 58.2 Å². The monoisotopic (exact) mass is 565 g/mol. The first kappa shape index (κ1) is 24.7. The zero-order chi connectivity index (χ0) is 24.7. The molecule has 1 aromatic carbocycles. The van der Waals surface area contributed by atoms with E-state index in [4.69, 9.17) is 16.6 Å². The van der Waals surface area contributed by atoms with E-state index in [1.165, 1.54) is 25.0 Å². The second-order valence-electron chi connectivity index (χ2n) is 10.4. The summed E-state index contributed by atoms with van der Waals surface area (Å²) in [6.45, 7) is 6.30.